The quantitative estimate of drug-likeness (QED) is 0.830. The molecule has 25 heavy (non-hydrogen) atoms. The van der Waals surface area contributed by atoms with Crippen LogP contribution in [0.4, 0.5) is 0 Å². The molecule has 2 amide bonds. The fraction of sp³-hybridized carbons (Fsp3) is 0.579. The van der Waals surface area contributed by atoms with Gasteiger partial charge in [0.15, 0.2) is 0 Å². The molecule has 0 aromatic heterocycles. The molecule has 0 saturated carbocycles. The zero-order valence-corrected chi connectivity index (χ0v) is 15.3. The number of likely N-dealkylation sites (tertiary alicyclic amines) is 1. The monoisotopic (exact) mass is 345 g/mol. The molecule has 0 bridgehead atoms. The van der Waals surface area contributed by atoms with Gasteiger partial charge < -0.3 is 19.4 Å². The minimum atomic E-state index is -0.209. The Morgan fingerprint density at radius 1 is 1.08 bits per heavy atom. The lowest BCUT2D eigenvalue weighted by molar-refractivity contribution is -0.147. The maximum atomic E-state index is 13.2. The summed E-state index contributed by atoms with van der Waals surface area (Å²) in [4.78, 5) is 31.4. The van der Waals surface area contributed by atoms with E-state index in [2.05, 4.69) is 11.9 Å². The number of likely N-dealkylation sites (N-methyl/N-ethyl adjacent to an activating group) is 1. The van der Waals surface area contributed by atoms with Crippen LogP contribution in [-0.4, -0.2) is 73.9 Å². The number of piperazine rings is 1. The number of carbonyl (C=O) groups excluding carboxylic acids is 2. The maximum Gasteiger partial charge on any atom is 0.228 e. The SMILES string of the molecule is COc1ccc(C2C(C(=O)N3CCN(C)CC3)CCC(=O)N2C)cc1. The van der Waals surface area contributed by atoms with E-state index in [0.717, 1.165) is 37.5 Å². The normalized spacial score (nSPS) is 25.2. The number of rotatable bonds is 3. The summed E-state index contributed by atoms with van der Waals surface area (Å²) in [5, 5.41) is 0. The average molecular weight is 345 g/mol. The van der Waals surface area contributed by atoms with Crippen molar-refractivity contribution < 1.29 is 14.3 Å². The lowest BCUT2D eigenvalue weighted by atomic mass is 9.83. The summed E-state index contributed by atoms with van der Waals surface area (Å²) in [6, 6.07) is 7.49. The van der Waals surface area contributed by atoms with E-state index < -0.39 is 0 Å². The third-order valence-corrected chi connectivity index (χ3v) is 5.45. The van der Waals surface area contributed by atoms with E-state index in [0.29, 0.717) is 12.8 Å². The molecule has 2 fully saturated rings. The predicted molar refractivity (Wildman–Crippen MR) is 95.3 cm³/mol. The topological polar surface area (TPSA) is 53.1 Å². The number of hydrogen-bond acceptors (Lipinski definition) is 4. The van der Waals surface area contributed by atoms with Crippen molar-refractivity contribution in [2.75, 3.05) is 47.4 Å². The first-order valence-electron chi connectivity index (χ1n) is 8.88. The molecule has 0 radical (unpaired) electrons. The molecule has 2 heterocycles. The lowest BCUT2D eigenvalue weighted by Crippen LogP contribution is -2.52. The number of hydrogen-bond donors (Lipinski definition) is 0. The number of methoxy groups -OCH3 is 1. The van der Waals surface area contributed by atoms with E-state index in [1.54, 1.807) is 19.1 Å². The molecule has 136 valence electrons. The number of amides is 2. The standard InChI is InChI=1S/C19H27N3O3/c1-20-10-12-22(13-11-20)19(24)16-8-9-17(23)21(2)18(16)14-4-6-15(25-3)7-5-14/h4-7,16,18H,8-13H2,1-3H3. The Hall–Kier alpha value is -2.08. The molecular weight excluding hydrogens is 318 g/mol. The van der Waals surface area contributed by atoms with Crippen LogP contribution in [0.2, 0.25) is 0 Å². The van der Waals surface area contributed by atoms with Crippen molar-refractivity contribution in [1.82, 2.24) is 14.7 Å². The van der Waals surface area contributed by atoms with Gasteiger partial charge in [0.1, 0.15) is 5.75 Å². The van der Waals surface area contributed by atoms with Crippen LogP contribution in [0.5, 0.6) is 5.75 Å². The second-order valence-electron chi connectivity index (χ2n) is 7.00. The Balaban J connectivity index is 1.84. The average Bonchev–Trinajstić information content (AvgIpc) is 2.64. The van der Waals surface area contributed by atoms with Crippen LogP contribution in [0.3, 0.4) is 0 Å². The summed E-state index contributed by atoms with van der Waals surface area (Å²) in [6.07, 6.45) is 1.05. The number of carbonyl (C=O) groups is 2. The molecule has 6 heteroatoms. The summed E-state index contributed by atoms with van der Waals surface area (Å²) in [5.74, 6) is 0.867. The van der Waals surface area contributed by atoms with Crippen molar-refractivity contribution in [3.05, 3.63) is 29.8 Å². The third-order valence-electron chi connectivity index (χ3n) is 5.45. The molecule has 6 nitrogen and oxygen atoms in total. The Bertz CT molecular complexity index is 623. The molecule has 1 aromatic carbocycles. The van der Waals surface area contributed by atoms with Gasteiger partial charge in [-0.05, 0) is 31.2 Å². The van der Waals surface area contributed by atoms with Gasteiger partial charge in [-0.25, -0.2) is 0 Å². The Kier molecular flexibility index (Phi) is 5.27. The highest BCUT2D eigenvalue weighted by atomic mass is 16.5. The number of benzene rings is 1. The van der Waals surface area contributed by atoms with Crippen LogP contribution >= 0.6 is 0 Å². The molecule has 2 unspecified atom stereocenters. The zero-order valence-electron chi connectivity index (χ0n) is 15.3. The smallest absolute Gasteiger partial charge is 0.228 e. The molecule has 1 aromatic rings. The van der Waals surface area contributed by atoms with Crippen molar-refractivity contribution in [2.24, 2.45) is 5.92 Å². The van der Waals surface area contributed by atoms with Crippen molar-refractivity contribution in [2.45, 2.75) is 18.9 Å². The molecule has 2 aliphatic rings. The Morgan fingerprint density at radius 2 is 1.72 bits per heavy atom. The first-order valence-corrected chi connectivity index (χ1v) is 8.88. The van der Waals surface area contributed by atoms with Crippen LogP contribution in [0.1, 0.15) is 24.4 Å². The maximum absolute atomic E-state index is 13.2. The highest BCUT2D eigenvalue weighted by Gasteiger charge is 2.40. The van der Waals surface area contributed by atoms with Gasteiger partial charge in [-0.15, -0.1) is 0 Å². The molecule has 0 N–H and O–H groups in total. The number of nitrogens with zero attached hydrogens (tertiary/aromatic N) is 3. The van der Waals surface area contributed by atoms with E-state index in [-0.39, 0.29) is 23.8 Å². The van der Waals surface area contributed by atoms with Crippen molar-refractivity contribution in [3.8, 4) is 5.75 Å². The second-order valence-corrected chi connectivity index (χ2v) is 7.00. The van der Waals surface area contributed by atoms with Gasteiger partial charge in [0, 0.05) is 39.6 Å². The van der Waals surface area contributed by atoms with Gasteiger partial charge in [-0.3, -0.25) is 9.59 Å². The summed E-state index contributed by atoms with van der Waals surface area (Å²) < 4.78 is 5.22. The van der Waals surface area contributed by atoms with Crippen molar-refractivity contribution in [1.29, 1.82) is 0 Å². The van der Waals surface area contributed by atoms with E-state index in [4.69, 9.17) is 4.74 Å². The predicted octanol–water partition coefficient (Wildman–Crippen LogP) is 1.38. The molecule has 0 spiro atoms. The fourth-order valence-corrected chi connectivity index (χ4v) is 3.82. The largest absolute Gasteiger partial charge is 0.497 e. The first-order chi connectivity index (χ1) is 12.0. The van der Waals surface area contributed by atoms with Crippen molar-refractivity contribution in [3.63, 3.8) is 0 Å². The molecule has 2 aliphatic heterocycles. The Morgan fingerprint density at radius 3 is 2.32 bits per heavy atom. The van der Waals surface area contributed by atoms with Gasteiger partial charge in [-0.1, -0.05) is 12.1 Å². The van der Waals surface area contributed by atoms with Gasteiger partial charge >= 0.3 is 0 Å². The van der Waals surface area contributed by atoms with Gasteiger partial charge in [0.05, 0.1) is 19.1 Å². The zero-order chi connectivity index (χ0) is 18.0. The minimum absolute atomic E-state index is 0.100. The molecular formula is C19H27N3O3. The summed E-state index contributed by atoms with van der Waals surface area (Å²) in [7, 11) is 5.51. The second kappa shape index (κ2) is 7.44. The van der Waals surface area contributed by atoms with Gasteiger partial charge in [0.25, 0.3) is 0 Å². The van der Waals surface area contributed by atoms with E-state index in [9.17, 15) is 9.59 Å². The Labute approximate surface area is 149 Å². The summed E-state index contributed by atoms with van der Waals surface area (Å²) in [5.41, 5.74) is 0.990. The van der Waals surface area contributed by atoms with Gasteiger partial charge in [0.2, 0.25) is 11.8 Å². The highest BCUT2D eigenvalue weighted by Crippen LogP contribution is 2.37. The van der Waals surface area contributed by atoms with Crippen LogP contribution in [0, 0.1) is 5.92 Å². The van der Waals surface area contributed by atoms with E-state index in [1.807, 2.05) is 29.2 Å². The van der Waals surface area contributed by atoms with E-state index >= 15 is 0 Å². The van der Waals surface area contributed by atoms with Crippen LogP contribution in [0.25, 0.3) is 0 Å². The van der Waals surface area contributed by atoms with Crippen LogP contribution < -0.4 is 4.74 Å². The minimum Gasteiger partial charge on any atom is -0.497 e. The molecule has 2 saturated heterocycles. The summed E-state index contributed by atoms with van der Waals surface area (Å²) in [6.45, 7) is 3.33. The van der Waals surface area contributed by atoms with Crippen LogP contribution in [-0.2, 0) is 9.59 Å². The van der Waals surface area contributed by atoms with Crippen LogP contribution in [0.15, 0.2) is 24.3 Å². The third kappa shape index (κ3) is 3.63. The summed E-state index contributed by atoms with van der Waals surface area (Å²) >= 11 is 0. The highest BCUT2D eigenvalue weighted by molar-refractivity contribution is 5.85. The number of piperidine rings is 1. The number of ether oxygens (including phenoxy) is 1. The molecule has 2 atom stereocenters. The fourth-order valence-electron chi connectivity index (χ4n) is 3.82. The molecule has 3 rings (SSSR count). The first kappa shape index (κ1) is 17.7. The lowest BCUT2D eigenvalue weighted by Gasteiger charge is -2.42. The van der Waals surface area contributed by atoms with Gasteiger partial charge in [-0.2, -0.15) is 0 Å². The molecule has 0 aliphatic carbocycles. The van der Waals surface area contributed by atoms with E-state index in [1.165, 1.54) is 0 Å². The van der Waals surface area contributed by atoms with Crippen molar-refractivity contribution >= 4 is 11.8 Å².